The molecule has 4 aromatic carbocycles. The summed E-state index contributed by atoms with van der Waals surface area (Å²) in [6.45, 7) is 0. The fourth-order valence-corrected chi connectivity index (χ4v) is 6.07. The van der Waals surface area contributed by atoms with Crippen LogP contribution in [-0.2, 0) is 17.1 Å². The van der Waals surface area contributed by atoms with Gasteiger partial charge in [-0.05, 0) is 35.0 Å². The van der Waals surface area contributed by atoms with E-state index in [2.05, 4.69) is 39.9 Å². The zero-order chi connectivity index (χ0) is 36.0. The molecule has 53 heavy (non-hydrogen) atoms. The molecule has 20 nitrogen and oxygen atoms in total. The van der Waals surface area contributed by atoms with Crippen LogP contribution in [0.4, 0.5) is 22.7 Å². The van der Waals surface area contributed by atoms with Crippen molar-refractivity contribution in [1.82, 2.24) is 39.9 Å². The third-order valence-electron chi connectivity index (χ3n) is 8.48. The molecule has 0 amide bonds. The zero-order valence-electron chi connectivity index (χ0n) is 25.9. The van der Waals surface area contributed by atoms with Crippen molar-refractivity contribution < 1.29 is 36.8 Å². The molecule has 2 aliphatic heterocycles. The smallest absolute Gasteiger partial charge is 0.357 e. The number of nitro benzene ring substituents is 4. The predicted molar refractivity (Wildman–Crippen MR) is 181 cm³/mol. The maximum absolute atomic E-state index is 11.8. The van der Waals surface area contributed by atoms with Crippen LogP contribution in [0.1, 0.15) is 0 Å². The Kier molecular flexibility index (Phi) is 7.20. The van der Waals surface area contributed by atoms with E-state index in [1.807, 2.05) is 0 Å². The number of benzene rings is 4. The van der Waals surface area contributed by atoms with Crippen molar-refractivity contribution in [3.8, 4) is 45.6 Å². The van der Waals surface area contributed by atoms with E-state index in [4.69, 9.17) is 0 Å². The SMILES string of the molecule is O=[N+]([O-])c1ccc2c(c1)-c1nc-2nc2[n-]c(nc3nc(nc4[n-]c(n1)c1ccc([N+](=O)[O-])cc41)-c1ccc([N+](=O)[O-])cc1-3)c1ccc([N+](=O)[O-])cc21.[Fe+2]. The van der Waals surface area contributed by atoms with Gasteiger partial charge in [0.05, 0.1) is 43.0 Å². The van der Waals surface area contributed by atoms with Gasteiger partial charge in [0.2, 0.25) is 0 Å². The molecule has 0 saturated heterocycles. The fourth-order valence-electron chi connectivity index (χ4n) is 6.07. The molecule has 0 radical (unpaired) electrons. The molecule has 7 aromatic rings. The average Bonchev–Trinajstić information content (AvgIpc) is 3.85. The Labute approximate surface area is 301 Å². The predicted octanol–water partition coefficient (Wildman–Crippen LogP) is 5.76. The van der Waals surface area contributed by atoms with E-state index in [9.17, 15) is 40.5 Å². The van der Waals surface area contributed by atoms with Crippen molar-refractivity contribution in [1.29, 1.82) is 0 Å². The molecule has 8 bridgehead atoms. The van der Waals surface area contributed by atoms with E-state index < -0.39 is 19.7 Å². The first-order valence-electron chi connectivity index (χ1n) is 14.9. The summed E-state index contributed by atoms with van der Waals surface area (Å²) in [7, 11) is 0. The number of rotatable bonds is 4. The number of nitro groups is 4. The van der Waals surface area contributed by atoms with Gasteiger partial charge in [-0.2, -0.15) is 0 Å². The Morgan fingerprint density at radius 3 is 1.04 bits per heavy atom. The van der Waals surface area contributed by atoms with Gasteiger partial charge in [-0.25, -0.2) is 9.97 Å². The maximum atomic E-state index is 11.8. The standard InChI is InChI=1S/C32H12N12O8.Fe/c45-41(46)13-1-5-17-21(9-13)29-33-25(17)37-30-22-10-14(42(47)48)2-6-18(22)27(34-30)39-32-24-12-16(44(51)52)4-8-20(24)28(36-32)40-31-23-11-15(43(49)50)3-7-19(23)26(35-31)38-29;/h1-12H;/q-2;+2. The molecule has 2 aliphatic rings. The zero-order valence-corrected chi connectivity index (χ0v) is 27.0. The third kappa shape index (κ3) is 5.15. The number of hydrogen-bond donors (Lipinski definition) is 0. The Morgan fingerprint density at radius 2 is 0.679 bits per heavy atom. The largest absolute Gasteiger partial charge is 2.00 e. The van der Waals surface area contributed by atoms with Gasteiger partial charge >= 0.3 is 17.1 Å². The molecule has 5 heterocycles. The quantitative estimate of drug-likeness (QED) is 0.117. The van der Waals surface area contributed by atoms with Gasteiger partial charge < -0.3 is 29.9 Å². The van der Waals surface area contributed by atoms with Crippen LogP contribution >= 0.6 is 0 Å². The number of nitrogens with zero attached hydrogens (tertiary/aromatic N) is 12. The van der Waals surface area contributed by atoms with Gasteiger partial charge in [0, 0.05) is 104 Å². The van der Waals surface area contributed by atoms with E-state index in [-0.39, 0.29) is 108 Å². The topological polar surface area (TPSA) is 278 Å². The van der Waals surface area contributed by atoms with E-state index in [0.29, 0.717) is 21.9 Å². The minimum Gasteiger partial charge on any atom is -0.357 e. The second-order valence-electron chi connectivity index (χ2n) is 11.4. The summed E-state index contributed by atoms with van der Waals surface area (Å²) >= 11 is 0. The van der Waals surface area contributed by atoms with Crippen molar-refractivity contribution in [2.75, 3.05) is 0 Å². The van der Waals surface area contributed by atoms with Crippen molar-refractivity contribution in [2.24, 2.45) is 0 Å². The summed E-state index contributed by atoms with van der Waals surface area (Å²) in [4.78, 5) is 81.5. The molecule has 0 unspecified atom stereocenters. The fraction of sp³-hybridized carbons (Fsp3) is 0. The van der Waals surface area contributed by atoms with Crippen LogP contribution in [0, 0.1) is 40.5 Å². The van der Waals surface area contributed by atoms with Crippen molar-refractivity contribution in [3.05, 3.63) is 113 Å². The van der Waals surface area contributed by atoms with Gasteiger partial charge in [-0.3, -0.25) is 40.5 Å². The molecule has 3 aromatic heterocycles. The second kappa shape index (κ2) is 11.7. The Morgan fingerprint density at radius 1 is 0.377 bits per heavy atom. The van der Waals surface area contributed by atoms with Crippen LogP contribution in [-0.4, -0.2) is 49.6 Å². The van der Waals surface area contributed by atoms with Gasteiger partial charge in [0.1, 0.15) is 0 Å². The average molecular weight is 748 g/mol. The summed E-state index contributed by atoms with van der Waals surface area (Å²) in [5.74, 6) is -0.0435. The van der Waals surface area contributed by atoms with Crippen LogP contribution in [0.25, 0.3) is 89.7 Å². The van der Waals surface area contributed by atoms with Crippen LogP contribution in [0.5, 0.6) is 0 Å². The summed E-state index contributed by atoms with van der Waals surface area (Å²) < 4.78 is 0. The first kappa shape index (κ1) is 32.6. The summed E-state index contributed by atoms with van der Waals surface area (Å²) in [5, 5.41) is 48.1. The molecule has 0 N–H and O–H groups in total. The van der Waals surface area contributed by atoms with Gasteiger partial charge in [-0.15, -0.1) is 0 Å². The molecule has 0 atom stereocenters. The van der Waals surface area contributed by atoms with E-state index in [1.165, 1.54) is 72.8 Å². The van der Waals surface area contributed by atoms with Gasteiger partial charge in [0.25, 0.3) is 22.7 Å². The number of non-ortho nitro benzene ring substituents is 4. The van der Waals surface area contributed by atoms with Gasteiger partial charge in [-0.1, -0.05) is 0 Å². The van der Waals surface area contributed by atoms with Crippen LogP contribution in [0.2, 0.25) is 0 Å². The summed E-state index contributed by atoms with van der Waals surface area (Å²) in [6.07, 6.45) is 0. The van der Waals surface area contributed by atoms with E-state index in [1.54, 1.807) is 0 Å². The Balaban J connectivity index is 0.00000400. The molecule has 0 saturated carbocycles. The molecule has 0 aliphatic carbocycles. The Hall–Kier alpha value is -7.64. The molecule has 21 heteroatoms. The van der Waals surface area contributed by atoms with E-state index in [0.717, 1.165) is 0 Å². The van der Waals surface area contributed by atoms with E-state index >= 15 is 0 Å². The molecule has 9 rings (SSSR count). The Bertz CT molecular complexity index is 2820. The summed E-state index contributed by atoms with van der Waals surface area (Å²) in [5.41, 5.74) is -0.0187. The first-order chi connectivity index (χ1) is 25.0. The van der Waals surface area contributed by atoms with Crippen molar-refractivity contribution in [3.63, 3.8) is 0 Å². The van der Waals surface area contributed by atoms with Crippen LogP contribution < -0.4 is 9.97 Å². The van der Waals surface area contributed by atoms with Gasteiger partial charge in [0.15, 0.2) is 0 Å². The minimum atomic E-state index is -0.589. The number of fused-ring (bicyclic) bond motifs is 20. The monoisotopic (exact) mass is 748 g/mol. The maximum Gasteiger partial charge on any atom is 2.00 e. The third-order valence-corrected chi connectivity index (χ3v) is 8.48. The summed E-state index contributed by atoms with van der Waals surface area (Å²) in [6, 6.07) is 15.8. The minimum absolute atomic E-state index is 0. The molecular weight excluding hydrogens is 736 g/mol. The van der Waals surface area contributed by atoms with Crippen molar-refractivity contribution >= 4 is 66.9 Å². The second-order valence-corrected chi connectivity index (χ2v) is 11.4. The van der Waals surface area contributed by atoms with Crippen molar-refractivity contribution in [2.45, 2.75) is 0 Å². The first-order valence-corrected chi connectivity index (χ1v) is 14.9. The number of hydrogen-bond acceptors (Lipinski definition) is 14. The normalized spacial score (nSPS) is 11.5. The number of aromatic nitrogens is 8. The molecular formula is C32H12FeN12O8. The van der Waals surface area contributed by atoms with Crippen LogP contribution in [0.3, 0.4) is 0 Å². The molecule has 0 spiro atoms. The molecule has 256 valence electrons. The molecule has 0 fully saturated rings. The van der Waals surface area contributed by atoms with Crippen LogP contribution in [0.15, 0.2) is 72.8 Å².